The second-order valence-electron chi connectivity index (χ2n) is 8.87. The van der Waals surface area contributed by atoms with Crippen LogP contribution in [0, 0.1) is 28.5 Å². The fraction of sp³-hybridized carbons (Fsp3) is 0.458. The summed E-state index contributed by atoms with van der Waals surface area (Å²) in [4.78, 5) is 4.15. The summed E-state index contributed by atoms with van der Waals surface area (Å²) in [6, 6.07) is 12.0. The maximum Gasteiger partial charge on any atom is 0.417 e. The standard InChI is InChI=1S/C24H25F4N3O/c25-20-3-1-2-17(10-20)13-30-8-6-23(7-9-30)16-31(14-19(23)15-32)21-5-4-18(12-29)22(11-21)24(26,27)28/h1-5,10-11,19,32H,6-9,13-16H2. The van der Waals surface area contributed by atoms with Gasteiger partial charge in [0, 0.05) is 37.8 Å². The second kappa shape index (κ2) is 8.72. The van der Waals surface area contributed by atoms with E-state index in [0.717, 1.165) is 37.6 Å². The molecule has 0 amide bonds. The van der Waals surface area contributed by atoms with Crippen LogP contribution in [0.1, 0.15) is 29.5 Å². The molecule has 2 aromatic rings. The summed E-state index contributed by atoms with van der Waals surface area (Å²) < 4.78 is 53.7. The molecule has 1 N–H and O–H groups in total. The average Bonchev–Trinajstić information content (AvgIpc) is 3.12. The van der Waals surface area contributed by atoms with Gasteiger partial charge in [-0.1, -0.05) is 12.1 Å². The molecule has 0 bridgehead atoms. The van der Waals surface area contributed by atoms with E-state index < -0.39 is 11.7 Å². The number of piperidine rings is 1. The van der Waals surface area contributed by atoms with Crippen LogP contribution in [0.15, 0.2) is 42.5 Å². The summed E-state index contributed by atoms with van der Waals surface area (Å²) in [5.41, 5.74) is -0.165. The third-order valence-electron chi connectivity index (χ3n) is 6.97. The fourth-order valence-corrected chi connectivity index (χ4v) is 5.16. The normalized spacial score (nSPS) is 21.1. The Bertz CT molecular complexity index is 1010. The number of nitrogens with zero attached hydrogens (tertiary/aromatic N) is 3. The molecule has 0 radical (unpaired) electrons. The van der Waals surface area contributed by atoms with Crippen molar-refractivity contribution in [1.82, 2.24) is 4.90 Å². The summed E-state index contributed by atoms with van der Waals surface area (Å²) in [6.45, 7) is 3.22. The minimum Gasteiger partial charge on any atom is -0.396 e. The second-order valence-corrected chi connectivity index (χ2v) is 8.87. The molecule has 0 saturated carbocycles. The number of hydrogen-bond acceptors (Lipinski definition) is 4. The summed E-state index contributed by atoms with van der Waals surface area (Å²) in [5.74, 6) is -0.299. The van der Waals surface area contributed by atoms with Crippen LogP contribution in [0.5, 0.6) is 0 Å². The zero-order valence-electron chi connectivity index (χ0n) is 17.6. The SMILES string of the molecule is N#Cc1ccc(N2CC(CO)C3(CCN(Cc4cccc(F)c4)CC3)C2)cc1C(F)(F)F. The average molecular weight is 447 g/mol. The first-order valence-corrected chi connectivity index (χ1v) is 10.7. The van der Waals surface area contributed by atoms with Crippen LogP contribution in [-0.4, -0.2) is 42.8 Å². The van der Waals surface area contributed by atoms with Crippen molar-refractivity contribution in [3.05, 3.63) is 65.0 Å². The van der Waals surface area contributed by atoms with E-state index in [0.29, 0.717) is 25.3 Å². The van der Waals surface area contributed by atoms with Gasteiger partial charge in [-0.3, -0.25) is 4.90 Å². The van der Waals surface area contributed by atoms with Crippen LogP contribution in [0.3, 0.4) is 0 Å². The Morgan fingerprint density at radius 2 is 1.88 bits per heavy atom. The van der Waals surface area contributed by atoms with Crippen LogP contribution in [0.4, 0.5) is 23.2 Å². The molecule has 8 heteroatoms. The lowest BCUT2D eigenvalue weighted by Crippen LogP contribution is -2.44. The number of rotatable bonds is 4. The molecule has 2 aliphatic heterocycles. The Hall–Kier alpha value is -2.63. The Kier molecular flexibility index (Phi) is 6.15. The maximum atomic E-state index is 13.5. The van der Waals surface area contributed by atoms with Gasteiger partial charge in [0.2, 0.25) is 0 Å². The van der Waals surface area contributed by atoms with Crippen molar-refractivity contribution in [3.63, 3.8) is 0 Å². The van der Waals surface area contributed by atoms with Crippen LogP contribution < -0.4 is 4.90 Å². The lowest BCUT2D eigenvalue weighted by molar-refractivity contribution is -0.137. The summed E-state index contributed by atoms with van der Waals surface area (Å²) in [6.07, 6.45) is -2.98. The van der Waals surface area contributed by atoms with Crippen molar-refractivity contribution in [2.24, 2.45) is 11.3 Å². The van der Waals surface area contributed by atoms with Crippen LogP contribution in [0.2, 0.25) is 0 Å². The Morgan fingerprint density at radius 1 is 1.12 bits per heavy atom. The summed E-state index contributed by atoms with van der Waals surface area (Å²) in [5, 5.41) is 19.1. The van der Waals surface area contributed by atoms with E-state index >= 15 is 0 Å². The van der Waals surface area contributed by atoms with Crippen molar-refractivity contribution in [1.29, 1.82) is 5.26 Å². The molecular formula is C24H25F4N3O. The van der Waals surface area contributed by atoms with Crippen molar-refractivity contribution in [2.75, 3.05) is 37.7 Å². The number of alkyl halides is 3. The van der Waals surface area contributed by atoms with E-state index in [1.807, 2.05) is 11.0 Å². The molecule has 2 aliphatic rings. The van der Waals surface area contributed by atoms with Gasteiger partial charge in [0.15, 0.2) is 0 Å². The number of likely N-dealkylation sites (tertiary alicyclic amines) is 1. The third-order valence-corrected chi connectivity index (χ3v) is 6.97. The van der Waals surface area contributed by atoms with E-state index in [1.165, 1.54) is 18.2 Å². The van der Waals surface area contributed by atoms with Gasteiger partial charge in [0.25, 0.3) is 0 Å². The number of nitriles is 1. The number of aliphatic hydroxyl groups is 1. The summed E-state index contributed by atoms with van der Waals surface area (Å²) >= 11 is 0. The van der Waals surface area contributed by atoms with Gasteiger partial charge in [-0.15, -0.1) is 0 Å². The van der Waals surface area contributed by atoms with Crippen molar-refractivity contribution in [2.45, 2.75) is 25.6 Å². The first-order chi connectivity index (χ1) is 15.2. The maximum absolute atomic E-state index is 13.5. The largest absolute Gasteiger partial charge is 0.417 e. The van der Waals surface area contributed by atoms with Crippen molar-refractivity contribution >= 4 is 5.69 Å². The van der Waals surface area contributed by atoms with Crippen molar-refractivity contribution < 1.29 is 22.7 Å². The first-order valence-electron chi connectivity index (χ1n) is 10.7. The molecule has 2 heterocycles. The monoisotopic (exact) mass is 447 g/mol. The highest BCUT2D eigenvalue weighted by molar-refractivity contribution is 5.56. The number of aliphatic hydroxyl groups excluding tert-OH is 1. The van der Waals surface area contributed by atoms with E-state index in [1.54, 1.807) is 18.2 Å². The fourth-order valence-electron chi connectivity index (χ4n) is 5.16. The molecule has 1 unspecified atom stereocenters. The molecule has 32 heavy (non-hydrogen) atoms. The molecule has 2 fully saturated rings. The van der Waals surface area contributed by atoms with Gasteiger partial charge in [-0.05, 0) is 67.2 Å². The highest BCUT2D eigenvalue weighted by Gasteiger charge is 2.48. The Balaban J connectivity index is 1.48. The smallest absolute Gasteiger partial charge is 0.396 e. The van der Waals surface area contributed by atoms with Crippen LogP contribution in [0.25, 0.3) is 0 Å². The first kappa shape index (κ1) is 22.6. The van der Waals surface area contributed by atoms with Gasteiger partial charge < -0.3 is 10.0 Å². The quantitative estimate of drug-likeness (QED) is 0.705. The minimum atomic E-state index is -4.60. The molecule has 4 rings (SSSR count). The molecule has 2 saturated heterocycles. The topological polar surface area (TPSA) is 50.5 Å². The highest BCUT2D eigenvalue weighted by atomic mass is 19.4. The molecule has 170 valence electrons. The van der Waals surface area contributed by atoms with Crippen LogP contribution in [-0.2, 0) is 12.7 Å². The zero-order valence-corrected chi connectivity index (χ0v) is 17.6. The van der Waals surface area contributed by atoms with E-state index in [2.05, 4.69) is 4.90 Å². The number of benzene rings is 2. The van der Waals surface area contributed by atoms with Gasteiger partial charge in [-0.25, -0.2) is 4.39 Å². The van der Waals surface area contributed by atoms with Gasteiger partial charge in [-0.2, -0.15) is 18.4 Å². The zero-order chi connectivity index (χ0) is 22.9. The molecule has 4 nitrogen and oxygen atoms in total. The lowest BCUT2D eigenvalue weighted by Gasteiger charge is -2.42. The summed E-state index contributed by atoms with van der Waals surface area (Å²) in [7, 11) is 0. The Morgan fingerprint density at radius 3 is 2.50 bits per heavy atom. The van der Waals surface area contributed by atoms with Gasteiger partial charge in [0.05, 0.1) is 17.2 Å². The lowest BCUT2D eigenvalue weighted by atomic mass is 9.71. The highest BCUT2D eigenvalue weighted by Crippen LogP contribution is 2.46. The van der Waals surface area contributed by atoms with Crippen molar-refractivity contribution in [3.8, 4) is 6.07 Å². The molecule has 0 aromatic heterocycles. The number of halogens is 4. The van der Waals surface area contributed by atoms with Crippen LogP contribution >= 0.6 is 0 Å². The molecule has 1 spiro atoms. The van der Waals surface area contributed by atoms with E-state index in [-0.39, 0.29) is 29.3 Å². The number of anilines is 1. The molecule has 0 aliphatic carbocycles. The van der Waals surface area contributed by atoms with Gasteiger partial charge in [0.1, 0.15) is 5.82 Å². The van der Waals surface area contributed by atoms with E-state index in [9.17, 15) is 22.7 Å². The Labute approximate surface area is 184 Å². The molecule has 2 aromatic carbocycles. The van der Waals surface area contributed by atoms with Gasteiger partial charge >= 0.3 is 6.18 Å². The third kappa shape index (κ3) is 4.45. The van der Waals surface area contributed by atoms with E-state index in [4.69, 9.17) is 5.26 Å². The molecular weight excluding hydrogens is 422 g/mol. The molecule has 1 atom stereocenters. The number of hydrogen-bond donors (Lipinski definition) is 1. The predicted molar refractivity (Wildman–Crippen MR) is 112 cm³/mol. The minimum absolute atomic E-state index is 0.0250. The predicted octanol–water partition coefficient (Wildman–Crippen LogP) is 4.43.